The predicted octanol–water partition coefficient (Wildman–Crippen LogP) is 2.40. The van der Waals surface area contributed by atoms with Crippen molar-refractivity contribution in [2.24, 2.45) is 0 Å². The first-order valence-corrected chi connectivity index (χ1v) is 7.53. The highest BCUT2D eigenvalue weighted by Crippen LogP contribution is 2.32. The number of hydrogen-bond donors (Lipinski definition) is 2. The molecule has 0 amide bonds. The Morgan fingerprint density at radius 1 is 1.18 bits per heavy atom. The highest BCUT2D eigenvalue weighted by molar-refractivity contribution is 5.15. The lowest BCUT2D eigenvalue weighted by molar-refractivity contribution is -0.153. The molecule has 120 valence electrons. The molecule has 4 nitrogen and oxygen atoms in total. The summed E-state index contributed by atoms with van der Waals surface area (Å²) in [6, 6.07) is 9.96. The molecular weight excluding hydrogens is 278 g/mol. The van der Waals surface area contributed by atoms with Gasteiger partial charge in [-0.05, 0) is 19.4 Å². The Morgan fingerprint density at radius 2 is 1.82 bits per heavy atom. The molecule has 0 unspecified atom stereocenters. The second-order valence-electron chi connectivity index (χ2n) is 5.92. The van der Waals surface area contributed by atoms with E-state index in [9.17, 15) is 5.11 Å². The quantitative estimate of drug-likeness (QED) is 0.760. The van der Waals surface area contributed by atoms with Crippen molar-refractivity contribution in [3.05, 3.63) is 61.2 Å². The van der Waals surface area contributed by atoms with Crippen LogP contribution in [0.4, 0.5) is 0 Å². The third kappa shape index (κ3) is 4.05. The summed E-state index contributed by atoms with van der Waals surface area (Å²) in [7, 11) is 0. The lowest BCUT2D eigenvalue weighted by atomic mass is 10.0. The Bertz CT molecular complexity index is 500. The average molecular weight is 303 g/mol. The van der Waals surface area contributed by atoms with Crippen molar-refractivity contribution in [1.82, 2.24) is 5.32 Å². The van der Waals surface area contributed by atoms with E-state index in [1.54, 1.807) is 6.08 Å². The fourth-order valence-electron chi connectivity index (χ4n) is 2.66. The van der Waals surface area contributed by atoms with Crippen LogP contribution in [-0.2, 0) is 16.0 Å². The smallest absolute Gasteiger partial charge is 0.164 e. The van der Waals surface area contributed by atoms with E-state index in [0.717, 1.165) is 0 Å². The van der Waals surface area contributed by atoms with E-state index in [4.69, 9.17) is 9.47 Å². The fraction of sp³-hybridized carbons (Fsp3) is 0.444. The second-order valence-corrected chi connectivity index (χ2v) is 5.92. The Kier molecular flexibility index (Phi) is 5.53. The number of rotatable bonds is 7. The van der Waals surface area contributed by atoms with Gasteiger partial charge in [-0.2, -0.15) is 0 Å². The van der Waals surface area contributed by atoms with Gasteiger partial charge in [-0.3, -0.25) is 0 Å². The van der Waals surface area contributed by atoms with Gasteiger partial charge in [0.15, 0.2) is 5.79 Å². The molecule has 0 radical (unpaired) electrons. The van der Waals surface area contributed by atoms with Crippen LogP contribution in [-0.4, -0.2) is 35.2 Å². The standard InChI is InChI=1S/C18H25NO3/c1-5-14(19-12-13-10-8-7-9-11-13)16-17(15(20)6-2)22-18(3,4)21-16/h5-11,14-17,19-20H,1-2,12H2,3-4H3/t14-,15-,16-,17-/m1/s1. The fourth-order valence-corrected chi connectivity index (χ4v) is 2.66. The van der Waals surface area contributed by atoms with Crippen LogP contribution < -0.4 is 5.32 Å². The van der Waals surface area contributed by atoms with Gasteiger partial charge in [-0.25, -0.2) is 0 Å². The monoisotopic (exact) mass is 303 g/mol. The molecule has 2 rings (SSSR count). The molecule has 0 saturated carbocycles. The minimum absolute atomic E-state index is 0.137. The van der Waals surface area contributed by atoms with Crippen LogP contribution in [0.15, 0.2) is 55.6 Å². The third-order valence-electron chi connectivity index (χ3n) is 3.73. The van der Waals surface area contributed by atoms with Gasteiger partial charge in [0.1, 0.15) is 18.3 Å². The normalized spacial score (nSPS) is 26.3. The number of hydrogen-bond acceptors (Lipinski definition) is 4. The molecular formula is C18H25NO3. The summed E-state index contributed by atoms with van der Waals surface area (Å²) in [6.07, 6.45) is 1.68. The second kappa shape index (κ2) is 7.20. The van der Waals surface area contributed by atoms with Gasteiger partial charge < -0.3 is 19.9 Å². The van der Waals surface area contributed by atoms with Crippen molar-refractivity contribution in [3.8, 4) is 0 Å². The van der Waals surface area contributed by atoms with Gasteiger partial charge in [0.2, 0.25) is 0 Å². The number of nitrogens with one attached hydrogen (secondary N) is 1. The molecule has 1 saturated heterocycles. The summed E-state index contributed by atoms with van der Waals surface area (Å²) in [5, 5.41) is 13.5. The van der Waals surface area contributed by atoms with Crippen LogP contribution in [0, 0.1) is 0 Å². The van der Waals surface area contributed by atoms with E-state index in [1.807, 2.05) is 32.0 Å². The number of aliphatic hydroxyl groups is 1. The van der Waals surface area contributed by atoms with Gasteiger partial charge in [-0.15, -0.1) is 13.2 Å². The molecule has 0 bridgehead atoms. The van der Waals surface area contributed by atoms with Gasteiger partial charge in [0.25, 0.3) is 0 Å². The number of ether oxygens (including phenoxy) is 2. The predicted molar refractivity (Wildman–Crippen MR) is 87.3 cm³/mol. The highest BCUT2D eigenvalue weighted by atomic mass is 16.8. The van der Waals surface area contributed by atoms with Gasteiger partial charge >= 0.3 is 0 Å². The van der Waals surface area contributed by atoms with Crippen molar-refractivity contribution >= 4 is 0 Å². The number of benzene rings is 1. The largest absolute Gasteiger partial charge is 0.386 e. The molecule has 1 aromatic rings. The maximum absolute atomic E-state index is 10.1. The Hall–Kier alpha value is -1.46. The maximum Gasteiger partial charge on any atom is 0.164 e. The van der Waals surface area contributed by atoms with E-state index >= 15 is 0 Å². The van der Waals surface area contributed by atoms with Crippen molar-refractivity contribution < 1.29 is 14.6 Å². The zero-order valence-corrected chi connectivity index (χ0v) is 13.2. The zero-order chi connectivity index (χ0) is 16.2. The van der Waals surface area contributed by atoms with Crippen LogP contribution >= 0.6 is 0 Å². The maximum atomic E-state index is 10.1. The van der Waals surface area contributed by atoms with E-state index < -0.39 is 18.0 Å². The van der Waals surface area contributed by atoms with Crippen LogP contribution in [0.25, 0.3) is 0 Å². The molecule has 1 aliphatic rings. The highest BCUT2D eigenvalue weighted by Gasteiger charge is 2.46. The van der Waals surface area contributed by atoms with E-state index in [2.05, 4.69) is 30.6 Å². The summed E-state index contributed by atoms with van der Waals surface area (Å²) in [5.74, 6) is -0.741. The first-order chi connectivity index (χ1) is 10.5. The minimum Gasteiger partial charge on any atom is -0.386 e. The Morgan fingerprint density at radius 3 is 2.41 bits per heavy atom. The summed E-state index contributed by atoms with van der Waals surface area (Å²) >= 11 is 0. The summed E-state index contributed by atoms with van der Waals surface area (Å²) in [6.45, 7) is 11.9. The molecule has 22 heavy (non-hydrogen) atoms. The molecule has 1 heterocycles. The van der Waals surface area contributed by atoms with Crippen molar-refractivity contribution in [2.75, 3.05) is 0 Å². The van der Waals surface area contributed by atoms with Gasteiger partial charge in [0.05, 0.1) is 6.04 Å². The van der Waals surface area contributed by atoms with E-state index in [-0.39, 0.29) is 12.1 Å². The first kappa shape index (κ1) is 16.9. The van der Waals surface area contributed by atoms with Crippen LogP contribution in [0.1, 0.15) is 19.4 Å². The van der Waals surface area contributed by atoms with E-state index in [0.29, 0.717) is 6.54 Å². The van der Waals surface area contributed by atoms with Gasteiger partial charge in [0, 0.05) is 6.54 Å². The molecule has 0 aromatic heterocycles. The summed E-state index contributed by atoms with van der Waals surface area (Å²) in [4.78, 5) is 0. The van der Waals surface area contributed by atoms with Crippen molar-refractivity contribution in [3.63, 3.8) is 0 Å². The molecule has 1 aromatic carbocycles. The molecule has 0 spiro atoms. The molecule has 2 N–H and O–H groups in total. The molecule has 4 heteroatoms. The third-order valence-corrected chi connectivity index (χ3v) is 3.73. The van der Waals surface area contributed by atoms with Crippen molar-refractivity contribution in [2.45, 2.75) is 50.5 Å². The minimum atomic E-state index is -0.784. The first-order valence-electron chi connectivity index (χ1n) is 7.53. The van der Waals surface area contributed by atoms with E-state index in [1.165, 1.54) is 11.6 Å². The average Bonchev–Trinajstić information content (AvgIpc) is 2.84. The van der Waals surface area contributed by atoms with Crippen molar-refractivity contribution in [1.29, 1.82) is 0 Å². The van der Waals surface area contributed by atoms with Crippen LogP contribution in [0.2, 0.25) is 0 Å². The molecule has 1 fully saturated rings. The topological polar surface area (TPSA) is 50.7 Å². The van der Waals surface area contributed by atoms with Gasteiger partial charge in [-0.1, -0.05) is 42.5 Å². The summed E-state index contributed by atoms with van der Waals surface area (Å²) in [5.41, 5.74) is 1.17. The molecule has 4 atom stereocenters. The Balaban J connectivity index is 2.07. The number of aliphatic hydroxyl groups excluding tert-OH is 1. The SMILES string of the molecule is C=C[C@@H](O)[C@H]1OC(C)(C)O[C@@H]1[C@@H](C=C)NCc1ccccc1. The summed E-state index contributed by atoms with van der Waals surface area (Å²) < 4.78 is 11.8. The molecule has 1 aliphatic heterocycles. The molecule has 0 aliphatic carbocycles. The Labute approximate surface area is 132 Å². The van der Waals surface area contributed by atoms with Crippen LogP contribution in [0.5, 0.6) is 0 Å². The lowest BCUT2D eigenvalue weighted by Gasteiger charge is -2.26. The van der Waals surface area contributed by atoms with Crippen LogP contribution in [0.3, 0.4) is 0 Å². The zero-order valence-electron chi connectivity index (χ0n) is 13.2. The lowest BCUT2D eigenvalue weighted by Crippen LogP contribution is -2.47.